The summed E-state index contributed by atoms with van der Waals surface area (Å²) in [6, 6.07) is 3.72. The van der Waals surface area contributed by atoms with E-state index < -0.39 is 15.8 Å². The molecule has 0 saturated carbocycles. The van der Waals surface area contributed by atoms with Crippen molar-refractivity contribution in [3.8, 4) is 0 Å². The molecule has 0 atom stereocenters. The molecule has 6 heteroatoms. The lowest BCUT2D eigenvalue weighted by Crippen LogP contribution is -2.23. The number of aromatic nitrogens is 1. The number of benzene rings is 1. The van der Waals surface area contributed by atoms with Gasteiger partial charge in [0.15, 0.2) is 9.84 Å². The largest absolute Gasteiger partial charge is 0.478 e. The van der Waals surface area contributed by atoms with Crippen LogP contribution in [0.2, 0.25) is 0 Å². The number of fused-ring (bicyclic) bond motifs is 2. The number of hydrogen-bond donors (Lipinski definition) is 1. The van der Waals surface area contributed by atoms with Gasteiger partial charge in [0.1, 0.15) is 0 Å². The van der Waals surface area contributed by atoms with Gasteiger partial charge in [0, 0.05) is 23.1 Å². The van der Waals surface area contributed by atoms with Crippen LogP contribution in [0.25, 0.3) is 10.9 Å². The second-order valence-electron chi connectivity index (χ2n) is 5.54. The molecule has 0 fully saturated rings. The quantitative estimate of drug-likeness (QED) is 0.871. The maximum absolute atomic E-state index is 11.8. The van der Waals surface area contributed by atoms with E-state index in [1.165, 1.54) is 0 Å². The SMILES string of the molecule is Cc1cc(C)c2nc3c(c(C(=O)O)c2c1)CS(=O)(=O)CC3. The van der Waals surface area contributed by atoms with Gasteiger partial charge in [0.2, 0.25) is 0 Å². The predicted molar refractivity (Wildman–Crippen MR) is 79.4 cm³/mol. The van der Waals surface area contributed by atoms with Gasteiger partial charge in [0.25, 0.3) is 0 Å². The minimum atomic E-state index is -3.24. The van der Waals surface area contributed by atoms with E-state index in [1.807, 2.05) is 19.9 Å². The minimum absolute atomic E-state index is 0.0302. The van der Waals surface area contributed by atoms with Crippen LogP contribution in [0.4, 0.5) is 0 Å². The number of sulfone groups is 1. The molecule has 1 aromatic carbocycles. The van der Waals surface area contributed by atoms with Gasteiger partial charge in [-0.25, -0.2) is 13.2 Å². The zero-order valence-corrected chi connectivity index (χ0v) is 12.6. The molecule has 0 spiro atoms. The van der Waals surface area contributed by atoms with Crippen LogP contribution < -0.4 is 0 Å². The van der Waals surface area contributed by atoms with Gasteiger partial charge in [-0.1, -0.05) is 11.6 Å². The zero-order chi connectivity index (χ0) is 15.4. The van der Waals surface area contributed by atoms with Gasteiger partial charge in [0.05, 0.1) is 22.6 Å². The second kappa shape index (κ2) is 4.53. The van der Waals surface area contributed by atoms with E-state index in [-0.39, 0.29) is 23.5 Å². The van der Waals surface area contributed by atoms with Crippen molar-refractivity contribution in [1.82, 2.24) is 4.98 Å². The van der Waals surface area contributed by atoms with E-state index in [1.54, 1.807) is 6.07 Å². The third-order valence-electron chi connectivity index (χ3n) is 3.84. The molecule has 0 saturated heterocycles. The Hall–Kier alpha value is -1.95. The first-order chi connectivity index (χ1) is 9.78. The molecular weight excluding hydrogens is 290 g/mol. The molecule has 0 bridgehead atoms. The first kappa shape index (κ1) is 14.0. The smallest absolute Gasteiger partial charge is 0.336 e. The van der Waals surface area contributed by atoms with E-state index in [0.717, 1.165) is 11.1 Å². The Morgan fingerprint density at radius 2 is 2.00 bits per heavy atom. The van der Waals surface area contributed by atoms with Crippen LogP contribution in [0, 0.1) is 13.8 Å². The van der Waals surface area contributed by atoms with Crippen LogP contribution in [0.5, 0.6) is 0 Å². The molecule has 2 heterocycles. The summed E-state index contributed by atoms with van der Waals surface area (Å²) in [5.41, 5.74) is 3.53. The Bertz CT molecular complexity index is 884. The van der Waals surface area contributed by atoms with Crippen molar-refractivity contribution in [2.24, 2.45) is 0 Å². The van der Waals surface area contributed by atoms with E-state index >= 15 is 0 Å². The summed E-state index contributed by atoms with van der Waals surface area (Å²) in [6.45, 7) is 3.77. The molecule has 0 unspecified atom stereocenters. The fraction of sp³-hybridized carbons (Fsp3) is 0.333. The summed E-state index contributed by atoms with van der Waals surface area (Å²) in [5, 5.41) is 10.1. The molecule has 1 aromatic heterocycles. The summed E-state index contributed by atoms with van der Waals surface area (Å²) >= 11 is 0. The number of carboxylic acids is 1. The number of pyridine rings is 1. The lowest BCUT2D eigenvalue weighted by Gasteiger charge is -2.20. The number of rotatable bonds is 1. The molecule has 0 radical (unpaired) electrons. The molecule has 21 heavy (non-hydrogen) atoms. The summed E-state index contributed by atoms with van der Waals surface area (Å²) in [5.74, 6) is -1.30. The summed E-state index contributed by atoms with van der Waals surface area (Å²) < 4.78 is 23.7. The van der Waals surface area contributed by atoms with Gasteiger partial charge >= 0.3 is 5.97 Å². The topological polar surface area (TPSA) is 84.3 Å². The molecule has 5 nitrogen and oxygen atoms in total. The molecule has 0 amide bonds. The van der Waals surface area contributed by atoms with Crippen molar-refractivity contribution < 1.29 is 18.3 Å². The lowest BCUT2D eigenvalue weighted by molar-refractivity contribution is 0.0698. The summed E-state index contributed by atoms with van der Waals surface area (Å²) in [4.78, 5) is 16.2. The van der Waals surface area contributed by atoms with Crippen LogP contribution in [-0.2, 0) is 22.0 Å². The monoisotopic (exact) mass is 305 g/mol. The van der Waals surface area contributed by atoms with E-state index in [0.29, 0.717) is 22.2 Å². The lowest BCUT2D eigenvalue weighted by atomic mass is 9.96. The van der Waals surface area contributed by atoms with Crippen molar-refractivity contribution in [2.75, 3.05) is 5.75 Å². The first-order valence-corrected chi connectivity index (χ1v) is 8.47. The number of carbonyl (C=O) groups is 1. The highest BCUT2D eigenvalue weighted by Gasteiger charge is 2.29. The van der Waals surface area contributed by atoms with Crippen molar-refractivity contribution in [3.63, 3.8) is 0 Å². The van der Waals surface area contributed by atoms with E-state index in [4.69, 9.17) is 0 Å². The minimum Gasteiger partial charge on any atom is -0.478 e. The van der Waals surface area contributed by atoms with Crippen LogP contribution >= 0.6 is 0 Å². The van der Waals surface area contributed by atoms with Gasteiger partial charge < -0.3 is 5.11 Å². The average molecular weight is 305 g/mol. The van der Waals surface area contributed by atoms with Crippen LogP contribution in [0.1, 0.15) is 32.7 Å². The molecule has 2 aromatic rings. The van der Waals surface area contributed by atoms with Gasteiger partial charge in [-0.15, -0.1) is 0 Å². The van der Waals surface area contributed by atoms with Crippen molar-refractivity contribution in [2.45, 2.75) is 26.0 Å². The highest BCUT2D eigenvalue weighted by atomic mass is 32.2. The maximum Gasteiger partial charge on any atom is 0.336 e. The Kier molecular flexibility index (Phi) is 3.02. The summed E-state index contributed by atoms with van der Waals surface area (Å²) in [7, 11) is -3.24. The van der Waals surface area contributed by atoms with Crippen LogP contribution in [-0.4, -0.2) is 30.2 Å². The summed E-state index contributed by atoms with van der Waals surface area (Å²) in [6.07, 6.45) is 0.279. The molecule has 1 N–H and O–H groups in total. The maximum atomic E-state index is 11.8. The molecular formula is C15H15NO4S. The third-order valence-corrected chi connectivity index (χ3v) is 5.39. The number of aromatic carboxylic acids is 1. The van der Waals surface area contributed by atoms with E-state index in [9.17, 15) is 18.3 Å². The number of aryl methyl sites for hydroxylation is 3. The number of carboxylic acid groups (broad SMARTS) is 1. The molecule has 0 aliphatic carbocycles. The predicted octanol–water partition coefficient (Wildman–Crippen LogP) is 2.02. The highest BCUT2D eigenvalue weighted by molar-refractivity contribution is 7.90. The Morgan fingerprint density at radius 3 is 2.67 bits per heavy atom. The van der Waals surface area contributed by atoms with Gasteiger partial charge in [-0.05, 0) is 25.5 Å². The molecule has 3 rings (SSSR count). The zero-order valence-electron chi connectivity index (χ0n) is 11.8. The fourth-order valence-electron chi connectivity index (χ4n) is 2.96. The molecule has 1 aliphatic heterocycles. The Balaban J connectivity index is 2.46. The van der Waals surface area contributed by atoms with Crippen LogP contribution in [0.3, 0.4) is 0 Å². The second-order valence-corrected chi connectivity index (χ2v) is 7.72. The van der Waals surface area contributed by atoms with Crippen molar-refractivity contribution in [1.29, 1.82) is 0 Å². The van der Waals surface area contributed by atoms with Gasteiger partial charge in [-0.2, -0.15) is 0 Å². The van der Waals surface area contributed by atoms with E-state index in [2.05, 4.69) is 4.98 Å². The standard InChI is InChI=1S/C15H15NO4S/c1-8-5-9(2)14-10(6-8)13(15(17)18)11-7-21(19,20)4-3-12(11)16-14/h5-6H,3-4,7H2,1-2H3,(H,17,18). The third kappa shape index (κ3) is 2.29. The average Bonchev–Trinajstić information content (AvgIpc) is 2.35. The number of nitrogens with zero attached hydrogens (tertiary/aromatic N) is 1. The Morgan fingerprint density at radius 1 is 1.29 bits per heavy atom. The molecule has 110 valence electrons. The van der Waals surface area contributed by atoms with Gasteiger partial charge in [-0.3, -0.25) is 4.98 Å². The Labute approximate surface area is 122 Å². The van der Waals surface area contributed by atoms with Crippen molar-refractivity contribution >= 4 is 26.7 Å². The van der Waals surface area contributed by atoms with Crippen molar-refractivity contribution in [3.05, 3.63) is 40.1 Å². The molecule has 1 aliphatic rings. The fourth-order valence-corrected chi connectivity index (χ4v) is 4.36. The highest BCUT2D eigenvalue weighted by Crippen LogP contribution is 2.31. The number of hydrogen-bond acceptors (Lipinski definition) is 4. The normalized spacial score (nSPS) is 16.7. The van der Waals surface area contributed by atoms with Crippen LogP contribution in [0.15, 0.2) is 12.1 Å². The first-order valence-electron chi connectivity index (χ1n) is 6.65.